The van der Waals surface area contributed by atoms with Gasteiger partial charge >= 0.3 is 5.97 Å². The van der Waals surface area contributed by atoms with Crippen molar-refractivity contribution in [3.63, 3.8) is 0 Å². The first kappa shape index (κ1) is 18.1. The van der Waals surface area contributed by atoms with Gasteiger partial charge in [0.1, 0.15) is 11.5 Å². The normalized spacial score (nSPS) is 10.8. The van der Waals surface area contributed by atoms with E-state index >= 15 is 0 Å². The molecule has 0 spiro atoms. The van der Waals surface area contributed by atoms with E-state index in [4.69, 9.17) is 4.74 Å². The highest BCUT2D eigenvalue weighted by atomic mass is 32.2. The zero-order valence-corrected chi connectivity index (χ0v) is 15.0. The van der Waals surface area contributed by atoms with Crippen LogP contribution < -0.4 is 0 Å². The number of benzene rings is 2. The molecule has 1 aromatic heterocycles. The van der Waals surface area contributed by atoms with Gasteiger partial charge in [-0.25, -0.2) is 18.3 Å². The fraction of sp³-hybridized carbons (Fsp3) is 0.158. The predicted octanol–water partition coefficient (Wildman–Crippen LogP) is 4.72. The van der Waals surface area contributed by atoms with Crippen LogP contribution in [0.5, 0.6) is 0 Å². The molecule has 0 saturated carbocycles. The zero-order valence-electron chi connectivity index (χ0n) is 14.2. The van der Waals surface area contributed by atoms with Crippen LogP contribution in [0.1, 0.15) is 17.4 Å². The molecule has 3 rings (SSSR count). The molecule has 4 nitrogen and oxygen atoms in total. The van der Waals surface area contributed by atoms with Gasteiger partial charge in [-0.3, -0.25) is 0 Å². The van der Waals surface area contributed by atoms with Crippen molar-refractivity contribution in [3.8, 4) is 16.9 Å². The number of rotatable bonds is 5. The van der Waals surface area contributed by atoms with Crippen molar-refractivity contribution in [2.45, 2.75) is 11.8 Å². The van der Waals surface area contributed by atoms with Crippen molar-refractivity contribution >= 4 is 17.7 Å². The van der Waals surface area contributed by atoms with Crippen LogP contribution in [0.4, 0.5) is 8.78 Å². The first-order chi connectivity index (χ1) is 12.5. The first-order valence-corrected chi connectivity index (χ1v) is 9.13. The number of aromatic nitrogens is 2. The number of hydrogen-bond donors (Lipinski definition) is 0. The molecule has 0 aliphatic heterocycles. The summed E-state index contributed by atoms with van der Waals surface area (Å²) in [7, 11) is 0. The monoisotopic (exact) mass is 374 g/mol. The zero-order chi connectivity index (χ0) is 18.7. The molecule has 0 N–H and O–H groups in total. The lowest BCUT2D eigenvalue weighted by Crippen LogP contribution is -2.07. The number of carbonyl (C=O) groups excluding carboxylic acids is 1. The second kappa shape index (κ2) is 7.70. The average Bonchev–Trinajstić information content (AvgIpc) is 3.07. The quantitative estimate of drug-likeness (QED) is 0.479. The Bertz CT molecular complexity index is 939. The fourth-order valence-corrected chi connectivity index (χ4v) is 2.90. The number of carbonyl (C=O) groups is 1. The summed E-state index contributed by atoms with van der Waals surface area (Å²) in [4.78, 5) is 13.1. The van der Waals surface area contributed by atoms with Crippen molar-refractivity contribution in [1.82, 2.24) is 9.78 Å². The Morgan fingerprint density at radius 3 is 2.50 bits per heavy atom. The first-order valence-electron chi connectivity index (χ1n) is 7.90. The van der Waals surface area contributed by atoms with Crippen LogP contribution in [0.3, 0.4) is 0 Å². The Kier molecular flexibility index (Phi) is 5.37. The van der Waals surface area contributed by atoms with Gasteiger partial charge in [0.25, 0.3) is 0 Å². The molecule has 7 heteroatoms. The van der Waals surface area contributed by atoms with Crippen molar-refractivity contribution in [3.05, 3.63) is 65.9 Å². The van der Waals surface area contributed by atoms with E-state index in [1.54, 1.807) is 18.7 Å². The molecule has 2 aromatic carbocycles. The number of hydrogen-bond acceptors (Lipinski definition) is 4. The second-order valence-corrected chi connectivity index (χ2v) is 6.25. The van der Waals surface area contributed by atoms with Crippen LogP contribution in [0.15, 0.2) is 53.4 Å². The van der Waals surface area contributed by atoms with Gasteiger partial charge in [0.05, 0.1) is 12.3 Å². The summed E-state index contributed by atoms with van der Waals surface area (Å²) in [6.07, 6.45) is 1.96. The van der Waals surface area contributed by atoms with Gasteiger partial charge in [-0.1, -0.05) is 12.1 Å². The van der Waals surface area contributed by atoms with E-state index in [-0.39, 0.29) is 18.0 Å². The summed E-state index contributed by atoms with van der Waals surface area (Å²) in [5.74, 6) is -2.06. The van der Waals surface area contributed by atoms with Crippen molar-refractivity contribution in [2.75, 3.05) is 12.9 Å². The lowest BCUT2D eigenvalue weighted by Gasteiger charge is -2.09. The van der Waals surface area contributed by atoms with Crippen LogP contribution in [-0.2, 0) is 4.74 Å². The highest BCUT2D eigenvalue weighted by Gasteiger charge is 2.19. The molecule has 0 bridgehead atoms. The second-order valence-electron chi connectivity index (χ2n) is 5.37. The van der Waals surface area contributed by atoms with Crippen molar-refractivity contribution < 1.29 is 18.3 Å². The van der Waals surface area contributed by atoms with Gasteiger partial charge in [-0.15, -0.1) is 11.8 Å². The van der Waals surface area contributed by atoms with Gasteiger partial charge in [0.15, 0.2) is 11.5 Å². The smallest absolute Gasteiger partial charge is 0.358 e. The molecule has 0 aliphatic carbocycles. The maximum Gasteiger partial charge on any atom is 0.358 e. The Hall–Kier alpha value is -2.67. The Morgan fingerprint density at radius 1 is 1.15 bits per heavy atom. The average molecular weight is 374 g/mol. The molecule has 26 heavy (non-hydrogen) atoms. The van der Waals surface area contributed by atoms with Gasteiger partial charge in [-0.2, -0.15) is 5.10 Å². The summed E-state index contributed by atoms with van der Waals surface area (Å²) < 4.78 is 33.8. The van der Waals surface area contributed by atoms with Gasteiger partial charge in [0.2, 0.25) is 0 Å². The maximum absolute atomic E-state index is 14.3. The largest absolute Gasteiger partial charge is 0.461 e. The molecule has 0 radical (unpaired) electrons. The fourth-order valence-electron chi connectivity index (χ4n) is 2.49. The summed E-state index contributed by atoms with van der Waals surface area (Å²) in [5.41, 5.74) is 1.35. The van der Waals surface area contributed by atoms with E-state index in [9.17, 15) is 13.6 Å². The Balaban J connectivity index is 2.15. The molecule has 0 atom stereocenters. The molecule has 0 amide bonds. The third kappa shape index (κ3) is 3.62. The van der Waals surface area contributed by atoms with E-state index in [0.717, 1.165) is 22.6 Å². The van der Waals surface area contributed by atoms with Crippen LogP contribution in [-0.4, -0.2) is 28.6 Å². The van der Waals surface area contributed by atoms with Crippen LogP contribution in [0.25, 0.3) is 16.9 Å². The lowest BCUT2D eigenvalue weighted by atomic mass is 10.1. The maximum atomic E-state index is 14.3. The summed E-state index contributed by atoms with van der Waals surface area (Å²) >= 11 is 1.60. The van der Waals surface area contributed by atoms with Crippen LogP contribution >= 0.6 is 11.8 Å². The van der Waals surface area contributed by atoms with E-state index in [0.29, 0.717) is 5.69 Å². The molecule has 0 saturated heterocycles. The Labute approximate surface area is 153 Å². The standard InChI is InChI=1S/C19H16F2N2O2S/c1-3-25-19(24)16-11-18(12-4-7-14(26-2)8-5-12)23(22-16)17-9-6-13(20)10-15(17)21/h4-11H,3H2,1-2H3. The number of ether oxygens (including phenoxy) is 1. The van der Waals surface area contributed by atoms with Gasteiger partial charge in [-0.05, 0) is 43.5 Å². The highest BCUT2D eigenvalue weighted by Crippen LogP contribution is 2.28. The number of halogens is 2. The minimum absolute atomic E-state index is 0.0471. The van der Waals surface area contributed by atoms with Crippen LogP contribution in [0, 0.1) is 11.6 Å². The van der Waals surface area contributed by atoms with E-state index in [1.807, 2.05) is 30.5 Å². The van der Waals surface area contributed by atoms with Gasteiger partial charge < -0.3 is 4.74 Å². The van der Waals surface area contributed by atoms with E-state index in [2.05, 4.69) is 5.10 Å². The highest BCUT2D eigenvalue weighted by molar-refractivity contribution is 7.98. The number of esters is 1. The lowest BCUT2D eigenvalue weighted by molar-refractivity contribution is 0.0519. The third-order valence-corrected chi connectivity index (χ3v) is 4.46. The molecule has 0 aliphatic rings. The third-order valence-electron chi connectivity index (χ3n) is 3.72. The molecule has 1 heterocycles. The minimum atomic E-state index is -0.773. The van der Waals surface area contributed by atoms with Crippen molar-refractivity contribution in [1.29, 1.82) is 0 Å². The molecule has 134 valence electrons. The number of nitrogens with zero attached hydrogens (tertiary/aromatic N) is 2. The molecule has 3 aromatic rings. The van der Waals surface area contributed by atoms with Crippen LogP contribution in [0.2, 0.25) is 0 Å². The topological polar surface area (TPSA) is 44.1 Å². The molecule has 0 fully saturated rings. The molecular weight excluding hydrogens is 358 g/mol. The molecule has 0 unspecified atom stereocenters. The summed E-state index contributed by atoms with van der Waals surface area (Å²) in [5, 5.41) is 4.18. The van der Waals surface area contributed by atoms with E-state index in [1.165, 1.54) is 16.8 Å². The predicted molar refractivity (Wildman–Crippen MR) is 96.7 cm³/mol. The number of thioether (sulfide) groups is 1. The minimum Gasteiger partial charge on any atom is -0.461 e. The van der Waals surface area contributed by atoms with Gasteiger partial charge in [0, 0.05) is 16.5 Å². The van der Waals surface area contributed by atoms with E-state index < -0.39 is 17.6 Å². The summed E-state index contributed by atoms with van der Waals surface area (Å²) in [6, 6.07) is 12.3. The molecular formula is C19H16F2N2O2S. The Morgan fingerprint density at radius 2 is 1.88 bits per heavy atom. The summed E-state index contributed by atoms with van der Waals surface area (Å²) in [6.45, 7) is 1.89. The SMILES string of the molecule is CCOC(=O)c1cc(-c2ccc(SC)cc2)n(-c2ccc(F)cc2F)n1. The van der Waals surface area contributed by atoms with Crippen molar-refractivity contribution in [2.24, 2.45) is 0 Å².